The van der Waals surface area contributed by atoms with Crippen molar-refractivity contribution in [2.24, 2.45) is 5.10 Å². The van der Waals surface area contributed by atoms with E-state index in [-0.39, 0.29) is 5.78 Å². The first kappa shape index (κ1) is 12.2. The molecule has 2 N–H and O–H groups in total. The van der Waals surface area contributed by atoms with Gasteiger partial charge in [-0.05, 0) is 13.8 Å². The van der Waals surface area contributed by atoms with E-state index in [1.54, 1.807) is 13.1 Å². The molecule has 86 valence electrons. The molecule has 0 aliphatic carbocycles. The molecule has 0 aliphatic rings. The summed E-state index contributed by atoms with van der Waals surface area (Å²) < 4.78 is 0. The fourth-order valence-electron chi connectivity index (χ4n) is 1.26. The third-order valence-electron chi connectivity index (χ3n) is 2.11. The van der Waals surface area contributed by atoms with E-state index in [0.717, 1.165) is 5.57 Å². The highest BCUT2D eigenvalue weighted by atomic mass is 16.1. The molecule has 1 aromatic rings. The zero-order valence-corrected chi connectivity index (χ0v) is 9.82. The second kappa shape index (κ2) is 4.74. The Balaban J connectivity index is 3.04. The number of ketones is 1. The van der Waals surface area contributed by atoms with Crippen molar-refractivity contribution in [1.82, 2.24) is 9.89 Å². The van der Waals surface area contributed by atoms with Crippen LogP contribution in [0, 0.1) is 6.92 Å². The molecule has 1 rings (SSSR count). The minimum Gasteiger partial charge on any atom is -0.382 e. The molecule has 0 saturated carbocycles. The molecule has 0 unspecified atom stereocenters. The van der Waals surface area contributed by atoms with Crippen molar-refractivity contribution in [2.45, 2.75) is 27.2 Å². The maximum Gasteiger partial charge on any atom is 0.180 e. The van der Waals surface area contributed by atoms with E-state index in [0.29, 0.717) is 23.5 Å². The summed E-state index contributed by atoms with van der Waals surface area (Å²) in [5.41, 5.74) is 7.72. The zero-order chi connectivity index (χ0) is 12.3. The third kappa shape index (κ3) is 2.56. The maximum atomic E-state index is 11.4. The highest BCUT2D eigenvalue weighted by Crippen LogP contribution is 2.15. The molecular formula is C11H16N4O. The van der Waals surface area contributed by atoms with Crippen LogP contribution in [0.4, 0.5) is 5.82 Å². The Morgan fingerprint density at radius 3 is 2.75 bits per heavy atom. The van der Waals surface area contributed by atoms with Crippen LogP contribution in [0.2, 0.25) is 0 Å². The number of Topliss-reactive ketones (excluding diaryl/α,β-unsaturated/α-hetero) is 1. The maximum absolute atomic E-state index is 11.4. The molecule has 16 heavy (non-hydrogen) atoms. The van der Waals surface area contributed by atoms with Crippen molar-refractivity contribution in [3.63, 3.8) is 0 Å². The van der Waals surface area contributed by atoms with Gasteiger partial charge in [-0.3, -0.25) is 4.79 Å². The van der Waals surface area contributed by atoms with Gasteiger partial charge in [-0.15, -0.1) is 9.89 Å². The average Bonchev–Trinajstić information content (AvgIpc) is 2.42. The Kier molecular flexibility index (Phi) is 3.60. The van der Waals surface area contributed by atoms with E-state index >= 15 is 0 Å². The summed E-state index contributed by atoms with van der Waals surface area (Å²) in [6.07, 6.45) is 2.30. The standard InChI is InChI=1S/C11H16N4O/c1-7(2)5-6-13-15-10(9(4)16)8(3)11(12)14-15/h6H,1,5H2,2-4H3,(H2,12,14)/b13-6-. The lowest BCUT2D eigenvalue weighted by Crippen LogP contribution is -2.04. The van der Waals surface area contributed by atoms with Gasteiger partial charge in [-0.1, -0.05) is 12.2 Å². The Morgan fingerprint density at radius 1 is 1.62 bits per heavy atom. The van der Waals surface area contributed by atoms with Gasteiger partial charge in [-0.25, -0.2) is 0 Å². The molecule has 0 radical (unpaired) electrons. The number of nitrogens with zero attached hydrogens (tertiary/aromatic N) is 3. The summed E-state index contributed by atoms with van der Waals surface area (Å²) in [5, 5.41) is 8.04. The average molecular weight is 220 g/mol. The van der Waals surface area contributed by atoms with Crippen LogP contribution in [0.15, 0.2) is 17.3 Å². The van der Waals surface area contributed by atoms with Gasteiger partial charge in [0.15, 0.2) is 11.6 Å². The molecule has 0 atom stereocenters. The molecular weight excluding hydrogens is 204 g/mol. The smallest absolute Gasteiger partial charge is 0.180 e. The number of rotatable bonds is 4. The minimum absolute atomic E-state index is 0.103. The zero-order valence-electron chi connectivity index (χ0n) is 9.82. The number of hydrogen-bond acceptors (Lipinski definition) is 4. The molecule has 5 nitrogen and oxygen atoms in total. The minimum atomic E-state index is -0.103. The van der Waals surface area contributed by atoms with Gasteiger partial charge in [0.25, 0.3) is 0 Å². The van der Waals surface area contributed by atoms with Crippen LogP contribution in [-0.4, -0.2) is 21.9 Å². The van der Waals surface area contributed by atoms with Crippen LogP contribution < -0.4 is 5.73 Å². The summed E-state index contributed by atoms with van der Waals surface area (Å²) in [6.45, 7) is 8.88. The number of hydrogen-bond donors (Lipinski definition) is 1. The number of nitrogen functional groups attached to an aromatic ring is 1. The molecule has 5 heteroatoms. The summed E-state index contributed by atoms with van der Waals surface area (Å²) in [5.74, 6) is 0.229. The van der Waals surface area contributed by atoms with Crippen molar-refractivity contribution in [2.75, 3.05) is 5.73 Å². The van der Waals surface area contributed by atoms with E-state index in [4.69, 9.17) is 5.73 Å². The molecule has 1 aromatic heterocycles. The first-order valence-electron chi connectivity index (χ1n) is 4.96. The summed E-state index contributed by atoms with van der Waals surface area (Å²) in [4.78, 5) is 12.7. The summed E-state index contributed by atoms with van der Waals surface area (Å²) >= 11 is 0. The van der Waals surface area contributed by atoms with Crippen LogP contribution in [0.25, 0.3) is 0 Å². The monoisotopic (exact) mass is 220 g/mol. The second-order valence-corrected chi connectivity index (χ2v) is 3.76. The Bertz CT molecular complexity index is 457. The molecule has 0 spiro atoms. The number of allylic oxidation sites excluding steroid dienone is 1. The van der Waals surface area contributed by atoms with Crippen LogP contribution in [0.5, 0.6) is 0 Å². The number of carbonyl (C=O) groups excluding carboxylic acids is 1. The molecule has 0 fully saturated rings. The predicted octanol–water partition coefficient (Wildman–Crippen LogP) is 1.78. The lowest BCUT2D eigenvalue weighted by molar-refractivity contribution is 0.100. The Hall–Kier alpha value is -1.91. The fourth-order valence-corrected chi connectivity index (χ4v) is 1.26. The van der Waals surface area contributed by atoms with Crippen molar-refractivity contribution in [1.29, 1.82) is 0 Å². The molecule has 0 amide bonds. The van der Waals surface area contributed by atoms with E-state index in [9.17, 15) is 4.79 Å². The summed E-state index contributed by atoms with van der Waals surface area (Å²) in [6, 6.07) is 0. The number of aromatic nitrogens is 2. The normalized spacial score (nSPS) is 10.9. The largest absolute Gasteiger partial charge is 0.382 e. The molecule has 1 heterocycles. The topological polar surface area (TPSA) is 73.3 Å². The molecule has 0 bridgehead atoms. The quantitative estimate of drug-likeness (QED) is 0.477. The van der Waals surface area contributed by atoms with Gasteiger partial charge < -0.3 is 5.73 Å². The van der Waals surface area contributed by atoms with E-state index in [1.807, 2.05) is 6.92 Å². The Labute approximate surface area is 94.6 Å². The van der Waals surface area contributed by atoms with E-state index < -0.39 is 0 Å². The van der Waals surface area contributed by atoms with Crippen molar-refractivity contribution >= 4 is 17.8 Å². The van der Waals surface area contributed by atoms with Gasteiger partial charge in [-0.2, -0.15) is 5.10 Å². The molecule has 0 aliphatic heterocycles. The lowest BCUT2D eigenvalue weighted by atomic mass is 10.2. The van der Waals surface area contributed by atoms with E-state index in [2.05, 4.69) is 16.8 Å². The number of anilines is 1. The van der Waals surface area contributed by atoms with Crippen molar-refractivity contribution in [3.05, 3.63) is 23.4 Å². The van der Waals surface area contributed by atoms with Crippen LogP contribution in [0.1, 0.15) is 36.3 Å². The van der Waals surface area contributed by atoms with Gasteiger partial charge in [0, 0.05) is 25.1 Å². The number of nitrogens with two attached hydrogens (primary N) is 1. The number of carbonyl (C=O) groups is 1. The summed E-state index contributed by atoms with van der Waals surface area (Å²) in [7, 11) is 0. The first-order valence-corrected chi connectivity index (χ1v) is 4.96. The lowest BCUT2D eigenvalue weighted by Gasteiger charge is -1.97. The second-order valence-electron chi connectivity index (χ2n) is 3.76. The van der Waals surface area contributed by atoms with Crippen LogP contribution in [0.3, 0.4) is 0 Å². The van der Waals surface area contributed by atoms with Gasteiger partial charge >= 0.3 is 0 Å². The highest BCUT2D eigenvalue weighted by molar-refractivity contribution is 5.95. The van der Waals surface area contributed by atoms with Gasteiger partial charge in [0.1, 0.15) is 5.69 Å². The van der Waals surface area contributed by atoms with Crippen LogP contribution >= 0.6 is 0 Å². The fraction of sp³-hybridized carbons (Fsp3) is 0.364. The van der Waals surface area contributed by atoms with Crippen LogP contribution in [-0.2, 0) is 0 Å². The van der Waals surface area contributed by atoms with Crippen molar-refractivity contribution in [3.8, 4) is 0 Å². The van der Waals surface area contributed by atoms with Gasteiger partial charge in [0.05, 0.1) is 0 Å². The highest BCUT2D eigenvalue weighted by Gasteiger charge is 2.15. The SMILES string of the molecule is C=C(C)C/C=N\n1nc(N)c(C)c1C(C)=O. The molecule has 0 aromatic carbocycles. The van der Waals surface area contributed by atoms with Gasteiger partial charge in [0.2, 0.25) is 0 Å². The Morgan fingerprint density at radius 2 is 2.25 bits per heavy atom. The van der Waals surface area contributed by atoms with Crippen molar-refractivity contribution < 1.29 is 4.79 Å². The first-order chi connectivity index (χ1) is 7.43. The van der Waals surface area contributed by atoms with E-state index in [1.165, 1.54) is 11.7 Å². The predicted molar refractivity (Wildman–Crippen MR) is 64.7 cm³/mol. The third-order valence-corrected chi connectivity index (χ3v) is 2.11. The molecule has 0 saturated heterocycles.